The molecular formula is C25H23N3OS. The first-order valence-electron chi connectivity index (χ1n) is 10.1. The van der Waals surface area contributed by atoms with Crippen LogP contribution in [0.4, 0.5) is 0 Å². The summed E-state index contributed by atoms with van der Waals surface area (Å²) in [5.74, 6) is 0.0619. The molecule has 1 aliphatic rings. The molecule has 3 aromatic rings. The van der Waals surface area contributed by atoms with Gasteiger partial charge < -0.3 is 4.90 Å². The SMILES string of the molecule is N#Cc1ccccc1Sc1ccccc1C(=O)N1CCN(Cc2ccccc2)CC1. The van der Waals surface area contributed by atoms with Gasteiger partial charge in [-0.1, -0.05) is 66.4 Å². The molecule has 0 saturated carbocycles. The van der Waals surface area contributed by atoms with E-state index >= 15 is 0 Å². The molecule has 30 heavy (non-hydrogen) atoms. The van der Waals surface area contributed by atoms with Gasteiger partial charge in [0.2, 0.25) is 0 Å². The molecule has 0 aromatic heterocycles. The number of hydrogen-bond acceptors (Lipinski definition) is 4. The average Bonchev–Trinajstić information content (AvgIpc) is 2.80. The highest BCUT2D eigenvalue weighted by Gasteiger charge is 2.24. The van der Waals surface area contributed by atoms with Crippen LogP contribution in [0.1, 0.15) is 21.5 Å². The van der Waals surface area contributed by atoms with Gasteiger partial charge in [-0.2, -0.15) is 5.26 Å². The molecule has 1 amide bonds. The van der Waals surface area contributed by atoms with Crippen molar-refractivity contribution in [3.63, 3.8) is 0 Å². The Bertz CT molecular complexity index is 1050. The van der Waals surface area contributed by atoms with Crippen LogP contribution in [0.3, 0.4) is 0 Å². The molecule has 0 bridgehead atoms. The minimum absolute atomic E-state index is 0.0619. The van der Waals surface area contributed by atoms with Crippen LogP contribution in [0.25, 0.3) is 0 Å². The standard InChI is InChI=1S/C25H23N3OS/c26-18-21-10-4-6-12-23(21)30-24-13-7-5-11-22(24)25(29)28-16-14-27(15-17-28)19-20-8-2-1-3-9-20/h1-13H,14-17,19H2. The van der Waals surface area contributed by atoms with E-state index in [-0.39, 0.29) is 5.91 Å². The molecule has 0 aliphatic carbocycles. The Morgan fingerprint density at radius 3 is 2.20 bits per heavy atom. The van der Waals surface area contributed by atoms with Gasteiger partial charge in [-0.15, -0.1) is 0 Å². The van der Waals surface area contributed by atoms with Gasteiger partial charge in [-0.25, -0.2) is 0 Å². The molecule has 3 aromatic carbocycles. The highest BCUT2D eigenvalue weighted by atomic mass is 32.2. The first kappa shape index (κ1) is 20.2. The van der Waals surface area contributed by atoms with Gasteiger partial charge in [-0.05, 0) is 29.8 Å². The Kier molecular flexibility index (Phi) is 6.48. The van der Waals surface area contributed by atoms with Gasteiger partial charge >= 0.3 is 0 Å². The number of benzene rings is 3. The van der Waals surface area contributed by atoms with Gasteiger partial charge in [0.25, 0.3) is 5.91 Å². The van der Waals surface area contributed by atoms with Crippen LogP contribution in [0.5, 0.6) is 0 Å². The lowest BCUT2D eigenvalue weighted by Crippen LogP contribution is -2.48. The molecule has 0 radical (unpaired) electrons. The molecular weight excluding hydrogens is 390 g/mol. The maximum Gasteiger partial charge on any atom is 0.255 e. The smallest absolute Gasteiger partial charge is 0.255 e. The summed E-state index contributed by atoms with van der Waals surface area (Å²) in [7, 11) is 0. The Balaban J connectivity index is 1.44. The first-order valence-corrected chi connectivity index (χ1v) is 10.9. The molecule has 0 unspecified atom stereocenters. The van der Waals surface area contributed by atoms with Crippen LogP contribution in [-0.4, -0.2) is 41.9 Å². The fourth-order valence-electron chi connectivity index (χ4n) is 3.62. The fraction of sp³-hybridized carbons (Fsp3) is 0.200. The first-order chi connectivity index (χ1) is 14.7. The van der Waals surface area contributed by atoms with E-state index in [0.29, 0.717) is 11.1 Å². The van der Waals surface area contributed by atoms with Gasteiger partial charge in [0.05, 0.1) is 11.1 Å². The highest BCUT2D eigenvalue weighted by molar-refractivity contribution is 7.99. The normalized spacial score (nSPS) is 14.3. The number of carbonyl (C=O) groups excluding carboxylic acids is 1. The third kappa shape index (κ3) is 4.73. The molecule has 4 rings (SSSR count). The van der Waals surface area contributed by atoms with Crippen molar-refractivity contribution in [1.29, 1.82) is 5.26 Å². The van der Waals surface area contributed by atoms with Crippen molar-refractivity contribution in [1.82, 2.24) is 9.80 Å². The van der Waals surface area contributed by atoms with E-state index in [2.05, 4.69) is 35.2 Å². The van der Waals surface area contributed by atoms with Crippen molar-refractivity contribution in [3.8, 4) is 6.07 Å². The molecule has 5 heteroatoms. The second kappa shape index (κ2) is 9.62. The van der Waals surface area contributed by atoms with Crippen LogP contribution in [0, 0.1) is 11.3 Å². The predicted molar refractivity (Wildman–Crippen MR) is 119 cm³/mol. The zero-order chi connectivity index (χ0) is 20.8. The lowest BCUT2D eigenvalue weighted by molar-refractivity contribution is 0.0625. The third-order valence-corrected chi connectivity index (χ3v) is 6.41. The summed E-state index contributed by atoms with van der Waals surface area (Å²) < 4.78 is 0. The van der Waals surface area contributed by atoms with E-state index in [1.807, 2.05) is 53.4 Å². The molecule has 1 fully saturated rings. The third-order valence-electron chi connectivity index (χ3n) is 5.25. The molecule has 0 spiro atoms. The number of hydrogen-bond donors (Lipinski definition) is 0. The lowest BCUT2D eigenvalue weighted by atomic mass is 10.1. The Labute approximate surface area is 181 Å². The molecule has 4 nitrogen and oxygen atoms in total. The Morgan fingerprint density at radius 1 is 0.833 bits per heavy atom. The summed E-state index contributed by atoms with van der Waals surface area (Å²) in [6.45, 7) is 4.10. The topological polar surface area (TPSA) is 47.3 Å². The molecule has 150 valence electrons. The van der Waals surface area contributed by atoms with Crippen LogP contribution in [-0.2, 0) is 6.54 Å². The minimum Gasteiger partial charge on any atom is -0.336 e. The largest absolute Gasteiger partial charge is 0.336 e. The van der Waals surface area contributed by atoms with Crippen molar-refractivity contribution in [2.75, 3.05) is 26.2 Å². The highest BCUT2D eigenvalue weighted by Crippen LogP contribution is 2.33. The Morgan fingerprint density at radius 2 is 1.47 bits per heavy atom. The van der Waals surface area contributed by atoms with E-state index in [1.54, 1.807) is 6.07 Å². The summed E-state index contributed by atoms with van der Waals surface area (Å²) in [6, 6.07) is 27.9. The number of nitriles is 1. The number of rotatable bonds is 5. The second-order valence-corrected chi connectivity index (χ2v) is 8.34. The van der Waals surface area contributed by atoms with E-state index in [9.17, 15) is 10.1 Å². The maximum absolute atomic E-state index is 13.3. The molecule has 0 atom stereocenters. The lowest BCUT2D eigenvalue weighted by Gasteiger charge is -2.35. The van der Waals surface area contributed by atoms with Crippen molar-refractivity contribution in [3.05, 3.63) is 95.6 Å². The van der Waals surface area contributed by atoms with Gasteiger partial charge in [-0.3, -0.25) is 9.69 Å². The average molecular weight is 414 g/mol. The summed E-state index contributed by atoms with van der Waals surface area (Å²) in [5, 5.41) is 9.37. The number of piperazine rings is 1. The summed E-state index contributed by atoms with van der Waals surface area (Å²) in [6.07, 6.45) is 0. The zero-order valence-corrected chi connectivity index (χ0v) is 17.5. The fourth-order valence-corrected chi connectivity index (χ4v) is 4.64. The number of amides is 1. The minimum atomic E-state index is 0.0619. The van der Waals surface area contributed by atoms with Gasteiger partial charge in [0, 0.05) is 42.5 Å². The molecule has 1 saturated heterocycles. The van der Waals surface area contributed by atoms with Crippen LogP contribution in [0.2, 0.25) is 0 Å². The monoisotopic (exact) mass is 413 g/mol. The number of nitrogens with zero attached hydrogens (tertiary/aromatic N) is 3. The maximum atomic E-state index is 13.3. The van der Waals surface area contributed by atoms with E-state index in [1.165, 1.54) is 17.3 Å². The zero-order valence-electron chi connectivity index (χ0n) is 16.7. The summed E-state index contributed by atoms with van der Waals surface area (Å²) in [4.78, 5) is 19.3. The van der Waals surface area contributed by atoms with Crippen molar-refractivity contribution >= 4 is 17.7 Å². The van der Waals surface area contributed by atoms with Gasteiger partial charge in [0.1, 0.15) is 6.07 Å². The molecule has 1 aliphatic heterocycles. The summed E-state index contributed by atoms with van der Waals surface area (Å²) in [5.41, 5.74) is 2.63. The second-order valence-electron chi connectivity index (χ2n) is 7.26. The van der Waals surface area contributed by atoms with Crippen molar-refractivity contribution in [2.45, 2.75) is 16.3 Å². The van der Waals surface area contributed by atoms with Crippen LogP contribution >= 0.6 is 11.8 Å². The Hall–Kier alpha value is -3.07. The summed E-state index contributed by atoms with van der Waals surface area (Å²) >= 11 is 1.48. The van der Waals surface area contributed by atoms with E-state index in [0.717, 1.165) is 42.5 Å². The predicted octanol–water partition coefficient (Wildman–Crippen LogP) is 4.67. The van der Waals surface area contributed by atoms with Gasteiger partial charge in [0.15, 0.2) is 0 Å². The van der Waals surface area contributed by atoms with Crippen molar-refractivity contribution in [2.24, 2.45) is 0 Å². The quantitative estimate of drug-likeness (QED) is 0.610. The van der Waals surface area contributed by atoms with Crippen molar-refractivity contribution < 1.29 is 4.79 Å². The number of carbonyl (C=O) groups is 1. The molecule has 1 heterocycles. The van der Waals surface area contributed by atoms with Crippen LogP contribution < -0.4 is 0 Å². The van der Waals surface area contributed by atoms with Crippen LogP contribution in [0.15, 0.2) is 88.7 Å². The van der Waals surface area contributed by atoms with E-state index < -0.39 is 0 Å². The van der Waals surface area contributed by atoms with E-state index in [4.69, 9.17) is 0 Å². The molecule has 0 N–H and O–H groups in total.